The molecule has 0 saturated heterocycles. The minimum atomic E-state index is -0.835. The summed E-state index contributed by atoms with van der Waals surface area (Å²) in [6.07, 6.45) is 3.46. The lowest BCUT2D eigenvalue weighted by molar-refractivity contribution is -0.133. The summed E-state index contributed by atoms with van der Waals surface area (Å²) in [4.78, 5) is 18.8. The van der Waals surface area contributed by atoms with Crippen molar-refractivity contribution in [1.29, 1.82) is 0 Å². The number of hydrogen-bond acceptors (Lipinski definition) is 4. The highest BCUT2D eigenvalue weighted by Gasteiger charge is 2.10. The zero-order valence-corrected chi connectivity index (χ0v) is 10.2. The summed E-state index contributed by atoms with van der Waals surface area (Å²) in [6, 6.07) is 3.71. The minimum absolute atomic E-state index is 0.0660. The predicted octanol–water partition coefficient (Wildman–Crippen LogP) is 0.266. The van der Waals surface area contributed by atoms with Crippen LogP contribution in [0.25, 0.3) is 11.4 Å². The summed E-state index contributed by atoms with van der Waals surface area (Å²) in [6.45, 7) is 0. The van der Waals surface area contributed by atoms with Gasteiger partial charge in [-0.1, -0.05) is 0 Å². The second-order valence-corrected chi connectivity index (χ2v) is 4.53. The quantitative estimate of drug-likeness (QED) is 0.787. The Hall–Kier alpha value is -1.81. The molecule has 0 amide bonds. The highest BCUT2D eigenvalue weighted by Crippen LogP contribution is 2.15. The van der Waals surface area contributed by atoms with Crippen LogP contribution in [0.2, 0.25) is 0 Å². The molecule has 7 heteroatoms. The largest absolute Gasteiger partial charge is 0.481 e. The molecule has 2 aromatic rings. The summed E-state index contributed by atoms with van der Waals surface area (Å²) in [7, 11) is 1.87. The van der Waals surface area contributed by atoms with Crippen molar-refractivity contribution < 1.29 is 9.90 Å². The van der Waals surface area contributed by atoms with Crippen molar-refractivity contribution in [2.24, 2.45) is 7.05 Å². The second-order valence-electron chi connectivity index (χ2n) is 3.37. The number of rotatable bonds is 4. The molecule has 2 rings (SSSR count). The summed E-state index contributed by atoms with van der Waals surface area (Å²) in [5.41, 5.74) is 1.43. The van der Waals surface area contributed by atoms with Crippen LogP contribution in [0, 0.1) is 0 Å². The molecule has 0 spiro atoms. The molecule has 1 atom stereocenters. The van der Waals surface area contributed by atoms with E-state index in [1.54, 1.807) is 24.1 Å². The highest BCUT2D eigenvalue weighted by atomic mass is 31.1. The van der Waals surface area contributed by atoms with E-state index in [1.165, 1.54) is 0 Å². The van der Waals surface area contributed by atoms with Crippen LogP contribution in [-0.4, -0.2) is 37.0 Å². The standard InChI is InChI=1S/C10H11N4O2P/c1-14-9(7-3-2-4-11-5-7)12-10(13-14)17-6-8(15)16/h2-5,17H,6H2,1H3,(H,15,16). The fourth-order valence-electron chi connectivity index (χ4n) is 1.36. The van der Waals surface area contributed by atoms with E-state index in [0.29, 0.717) is 11.4 Å². The molecule has 0 radical (unpaired) electrons. The van der Waals surface area contributed by atoms with Crippen molar-refractivity contribution in [2.75, 3.05) is 6.16 Å². The molecular weight excluding hydrogens is 239 g/mol. The summed E-state index contributed by atoms with van der Waals surface area (Å²) in [5, 5.41) is 12.8. The van der Waals surface area contributed by atoms with E-state index in [-0.39, 0.29) is 14.7 Å². The van der Waals surface area contributed by atoms with Gasteiger partial charge in [0.25, 0.3) is 0 Å². The van der Waals surface area contributed by atoms with E-state index < -0.39 is 5.97 Å². The number of hydrogen-bond donors (Lipinski definition) is 1. The first-order valence-corrected chi connectivity index (χ1v) is 6.14. The van der Waals surface area contributed by atoms with Gasteiger partial charge in [-0.05, 0) is 20.7 Å². The normalized spacial score (nSPS) is 11.1. The number of nitrogens with zero attached hydrogens (tertiary/aromatic N) is 4. The maximum atomic E-state index is 10.5. The first-order valence-electron chi connectivity index (χ1n) is 4.94. The molecule has 0 aliphatic rings. The van der Waals surface area contributed by atoms with E-state index in [2.05, 4.69) is 15.1 Å². The number of pyridine rings is 1. The number of aliphatic carboxylic acids is 1. The fraction of sp³-hybridized carbons (Fsp3) is 0.200. The Morgan fingerprint density at radius 2 is 2.41 bits per heavy atom. The fourth-order valence-corrected chi connectivity index (χ4v) is 2.08. The Morgan fingerprint density at radius 3 is 3.06 bits per heavy atom. The van der Waals surface area contributed by atoms with E-state index in [0.717, 1.165) is 5.56 Å². The van der Waals surface area contributed by atoms with Gasteiger partial charge in [-0.25, -0.2) is 9.67 Å². The second kappa shape index (κ2) is 5.01. The summed E-state index contributed by atoms with van der Waals surface area (Å²) >= 11 is 0. The van der Waals surface area contributed by atoms with Gasteiger partial charge in [0.15, 0.2) is 11.4 Å². The van der Waals surface area contributed by atoms with Crippen LogP contribution in [-0.2, 0) is 11.8 Å². The van der Waals surface area contributed by atoms with Gasteiger partial charge >= 0.3 is 5.97 Å². The van der Waals surface area contributed by atoms with Crippen LogP contribution in [0.3, 0.4) is 0 Å². The first kappa shape index (κ1) is 11.7. The summed E-state index contributed by atoms with van der Waals surface area (Å²) in [5.74, 6) is -0.135. The molecule has 0 aromatic carbocycles. The van der Waals surface area contributed by atoms with Crippen molar-refractivity contribution in [3.63, 3.8) is 0 Å². The van der Waals surface area contributed by atoms with Crippen molar-refractivity contribution >= 4 is 20.1 Å². The Balaban J connectivity index is 2.22. The van der Waals surface area contributed by atoms with E-state index >= 15 is 0 Å². The number of carbonyl (C=O) groups is 1. The molecule has 88 valence electrons. The van der Waals surface area contributed by atoms with Crippen LogP contribution < -0.4 is 5.57 Å². The third-order valence-corrected chi connectivity index (χ3v) is 3.09. The van der Waals surface area contributed by atoms with Gasteiger partial charge in [-0.2, -0.15) is 5.10 Å². The minimum Gasteiger partial charge on any atom is -0.481 e. The molecule has 0 saturated carbocycles. The van der Waals surface area contributed by atoms with Crippen molar-refractivity contribution in [2.45, 2.75) is 0 Å². The molecular formula is C10H11N4O2P. The molecule has 17 heavy (non-hydrogen) atoms. The van der Waals surface area contributed by atoms with Gasteiger partial charge in [-0.15, -0.1) is 0 Å². The zero-order chi connectivity index (χ0) is 12.3. The summed E-state index contributed by atoms with van der Waals surface area (Å²) < 4.78 is 1.64. The van der Waals surface area contributed by atoms with Gasteiger partial charge in [0.05, 0.1) is 6.16 Å². The maximum Gasteiger partial charge on any atom is 0.307 e. The number of aryl methyl sites for hydroxylation is 1. The third kappa shape index (κ3) is 2.85. The van der Waals surface area contributed by atoms with Gasteiger partial charge in [0, 0.05) is 25.0 Å². The molecule has 0 bridgehead atoms. The maximum absolute atomic E-state index is 10.5. The number of aromatic nitrogens is 4. The Kier molecular flexibility index (Phi) is 3.44. The monoisotopic (exact) mass is 250 g/mol. The smallest absolute Gasteiger partial charge is 0.307 e. The van der Waals surface area contributed by atoms with Gasteiger partial charge < -0.3 is 5.11 Å². The molecule has 1 N–H and O–H groups in total. The molecule has 1 unspecified atom stereocenters. The van der Waals surface area contributed by atoms with Gasteiger partial charge in [0.2, 0.25) is 0 Å². The lowest BCUT2D eigenvalue weighted by Gasteiger charge is -1.97. The SMILES string of the molecule is Cn1nc(PCC(=O)O)nc1-c1cccnc1. The average Bonchev–Trinajstić information content (AvgIpc) is 2.69. The van der Waals surface area contributed by atoms with Crippen LogP contribution in [0.4, 0.5) is 0 Å². The van der Waals surface area contributed by atoms with Crippen LogP contribution in [0.1, 0.15) is 0 Å². The van der Waals surface area contributed by atoms with Gasteiger partial charge in [-0.3, -0.25) is 9.78 Å². The number of carboxylic acids is 1. The Morgan fingerprint density at radius 1 is 1.59 bits per heavy atom. The van der Waals surface area contributed by atoms with Crippen LogP contribution >= 0.6 is 8.58 Å². The molecule has 0 aliphatic carbocycles. The topological polar surface area (TPSA) is 80.9 Å². The molecule has 0 fully saturated rings. The Bertz CT molecular complexity index is 526. The molecule has 2 heterocycles. The van der Waals surface area contributed by atoms with E-state index in [4.69, 9.17) is 5.11 Å². The Labute approximate surface area is 99.5 Å². The lowest BCUT2D eigenvalue weighted by atomic mass is 10.3. The van der Waals surface area contributed by atoms with Gasteiger partial charge in [0.1, 0.15) is 0 Å². The third-order valence-electron chi connectivity index (χ3n) is 2.08. The van der Waals surface area contributed by atoms with E-state index in [9.17, 15) is 4.79 Å². The highest BCUT2D eigenvalue weighted by molar-refractivity contribution is 7.47. The zero-order valence-electron chi connectivity index (χ0n) is 9.16. The average molecular weight is 250 g/mol. The molecule has 6 nitrogen and oxygen atoms in total. The molecule has 2 aromatic heterocycles. The van der Waals surface area contributed by atoms with Crippen molar-refractivity contribution in [1.82, 2.24) is 19.7 Å². The lowest BCUT2D eigenvalue weighted by Crippen LogP contribution is -2.07. The predicted molar refractivity (Wildman–Crippen MR) is 64.7 cm³/mol. The van der Waals surface area contributed by atoms with E-state index in [1.807, 2.05) is 12.1 Å². The van der Waals surface area contributed by atoms with Crippen molar-refractivity contribution in [3.05, 3.63) is 24.5 Å². The van der Waals surface area contributed by atoms with Crippen LogP contribution in [0.15, 0.2) is 24.5 Å². The van der Waals surface area contributed by atoms with Crippen molar-refractivity contribution in [3.8, 4) is 11.4 Å². The van der Waals surface area contributed by atoms with Crippen LogP contribution in [0.5, 0.6) is 0 Å². The molecule has 0 aliphatic heterocycles. The first-order chi connectivity index (χ1) is 8.16. The number of carboxylic acid groups (broad SMARTS) is 1.